The summed E-state index contributed by atoms with van der Waals surface area (Å²) in [7, 11) is 1.66. The number of fused-ring (bicyclic) bond motifs is 1. The van der Waals surface area contributed by atoms with Crippen molar-refractivity contribution in [3.05, 3.63) is 23.8 Å². The van der Waals surface area contributed by atoms with Crippen LogP contribution in [0, 0.1) is 0 Å². The fraction of sp³-hybridized carbons (Fsp3) is 0.538. The summed E-state index contributed by atoms with van der Waals surface area (Å²) in [5.74, 6) is 1.71. The minimum Gasteiger partial charge on any atom is -0.497 e. The van der Waals surface area contributed by atoms with Gasteiger partial charge in [0.15, 0.2) is 0 Å². The van der Waals surface area contributed by atoms with E-state index in [1.54, 1.807) is 7.11 Å². The van der Waals surface area contributed by atoms with E-state index in [0.29, 0.717) is 0 Å². The predicted octanol–water partition coefficient (Wildman–Crippen LogP) is 2.65. The van der Waals surface area contributed by atoms with Crippen molar-refractivity contribution in [3.63, 3.8) is 0 Å². The first-order valence-electron chi connectivity index (χ1n) is 5.84. The Kier molecular flexibility index (Phi) is 3.34. The van der Waals surface area contributed by atoms with Crippen molar-refractivity contribution in [2.24, 2.45) is 5.73 Å². The summed E-state index contributed by atoms with van der Waals surface area (Å²) in [5.41, 5.74) is 7.23. The van der Waals surface area contributed by atoms with Crippen LogP contribution in [0.4, 0.5) is 0 Å². The predicted molar refractivity (Wildman–Crippen MR) is 63.9 cm³/mol. The summed E-state index contributed by atoms with van der Waals surface area (Å²) in [6.07, 6.45) is 3.34. The Morgan fingerprint density at radius 2 is 2.31 bits per heavy atom. The molecule has 1 aromatic rings. The number of methoxy groups -OCH3 is 1. The normalized spacial score (nSPS) is 23.4. The molecule has 3 heteroatoms. The topological polar surface area (TPSA) is 44.5 Å². The van der Waals surface area contributed by atoms with Crippen LogP contribution < -0.4 is 15.2 Å². The van der Waals surface area contributed by atoms with Crippen molar-refractivity contribution in [2.75, 3.05) is 7.11 Å². The van der Waals surface area contributed by atoms with Gasteiger partial charge in [-0.1, -0.05) is 19.4 Å². The average molecular weight is 221 g/mol. The van der Waals surface area contributed by atoms with Gasteiger partial charge in [-0.05, 0) is 12.5 Å². The second-order valence-electron chi connectivity index (χ2n) is 4.27. The van der Waals surface area contributed by atoms with Crippen molar-refractivity contribution >= 4 is 0 Å². The van der Waals surface area contributed by atoms with Gasteiger partial charge in [-0.15, -0.1) is 0 Å². The lowest BCUT2D eigenvalue weighted by molar-refractivity contribution is 0.148. The first-order valence-corrected chi connectivity index (χ1v) is 5.84. The van der Waals surface area contributed by atoms with Gasteiger partial charge < -0.3 is 15.2 Å². The maximum absolute atomic E-state index is 6.14. The Balaban J connectivity index is 2.24. The van der Waals surface area contributed by atoms with Gasteiger partial charge in [0.1, 0.15) is 17.6 Å². The fourth-order valence-electron chi connectivity index (χ4n) is 2.19. The van der Waals surface area contributed by atoms with Crippen molar-refractivity contribution in [3.8, 4) is 11.5 Å². The van der Waals surface area contributed by atoms with Crippen LogP contribution >= 0.6 is 0 Å². The summed E-state index contributed by atoms with van der Waals surface area (Å²) in [6.45, 7) is 2.16. The lowest BCUT2D eigenvalue weighted by Gasteiger charge is -2.30. The van der Waals surface area contributed by atoms with Crippen molar-refractivity contribution < 1.29 is 9.47 Å². The molecule has 1 aromatic carbocycles. The molecule has 0 aromatic heterocycles. The van der Waals surface area contributed by atoms with E-state index in [0.717, 1.165) is 36.3 Å². The zero-order chi connectivity index (χ0) is 11.5. The third-order valence-corrected chi connectivity index (χ3v) is 3.04. The standard InChI is InChI=1S/C13H19NO2/c1-3-4-10-7-12(14)11-6-5-9(15-2)8-13(11)16-10/h5-6,8,10,12H,3-4,7,14H2,1-2H3/t10?,12-/m1/s1. The van der Waals surface area contributed by atoms with Crippen molar-refractivity contribution in [1.82, 2.24) is 0 Å². The van der Waals surface area contributed by atoms with E-state index in [-0.39, 0.29) is 12.1 Å². The molecule has 0 amide bonds. The van der Waals surface area contributed by atoms with Gasteiger partial charge in [0.05, 0.1) is 7.11 Å². The number of nitrogens with two attached hydrogens (primary N) is 1. The Morgan fingerprint density at radius 1 is 1.50 bits per heavy atom. The second-order valence-corrected chi connectivity index (χ2v) is 4.27. The maximum Gasteiger partial charge on any atom is 0.128 e. The lowest BCUT2D eigenvalue weighted by atomic mass is 9.95. The quantitative estimate of drug-likeness (QED) is 0.853. The van der Waals surface area contributed by atoms with Gasteiger partial charge in [-0.3, -0.25) is 0 Å². The van der Waals surface area contributed by atoms with Gasteiger partial charge in [0, 0.05) is 24.1 Å². The van der Waals surface area contributed by atoms with E-state index in [1.807, 2.05) is 18.2 Å². The molecule has 2 N–H and O–H groups in total. The largest absolute Gasteiger partial charge is 0.497 e. The Bertz CT molecular complexity index is 365. The zero-order valence-corrected chi connectivity index (χ0v) is 9.90. The molecule has 2 atom stereocenters. The molecule has 2 rings (SSSR count). The Morgan fingerprint density at radius 3 is 3.00 bits per heavy atom. The first-order chi connectivity index (χ1) is 7.74. The lowest BCUT2D eigenvalue weighted by Crippen LogP contribution is -2.29. The highest BCUT2D eigenvalue weighted by atomic mass is 16.5. The minimum absolute atomic E-state index is 0.0891. The molecule has 0 bridgehead atoms. The SMILES string of the molecule is CCCC1C[C@@H](N)c2ccc(OC)cc2O1. The summed E-state index contributed by atoms with van der Waals surface area (Å²) >= 11 is 0. The van der Waals surface area contributed by atoms with Crippen LogP contribution in [0.5, 0.6) is 11.5 Å². The van der Waals surface area contributed by atoms with Crippen molar-refractivity contribution in [2.45, 2.75) is 38.3 Å². The highest BCUT2D eigenvalue weighted by Gasteiger charge is 2.25. The third-order valence-electron chi connectivity index (χ3n) is 3.04. The molecular formula is C13H19NO2. The van der Waals surface area contributed by atoms with Gasteiger partial charge in [0.25, 0.3) is 0 Å². The summed E-state index contributed by atoms with van der Waals surface area (Å²) in [6, 6.07) is 5.95. The summed E-state index contributed by atoms with van der Waals surface area (Å²) in [4.78, 5) is 0. The van der Waals surface area contributed by atoms with E-state index < -0.39 is 0 Å². The molecule has 1 heterocycles. The number of hydrogen-bond donors (Lipinski definition) is 1. The molecule has 1 aliphatic heterocycles. The third kappa shape index (κ3) is 2.14. The smallest absolute Gasteiger partial charge is 0.128 e. The highest BCUT2D eigenvalue weighted by molar-refractivity contribution is 5.43. The van der Waals surface area contributed by atoms with Crippen LogP contribution in [0.1, 0.15) is 37.8 Å². The number of rotatable bonds is 3. The second kappa shape index (κ2) is 4.74. The number of hydrogen-bond acceptors (Lipinski definition) is 3. The summed E-state index contributed by atoms with van der Waals surface area (Å²) in [5, 5.41) is 0. The Labute approximate surface area is 96.5 Å². The fourth-order valence-corrected chi connectivity index (χ4v) is 2.19. The van der Waals surface area contributed by atoms with Gasteiger partial charge in [-0.2, -0.15) is 0 Å². The molecule has 3 nitrogen and oxygen atoms in total. The van der Waals surface area contributed by atoms with E-state index in [1.165, 1.54) is 0 Å². The Hall–Kier alpha value is -1.22. The molecule has 88 valence electrons. The van der Waals surface area contributed by atoms with E-state index in [4.69, 9.17) is 15.2 Å². The molecule has 1 unspecified atom stereocenters. The molecule has 0 radical (unpaired) electrons. The van der Waals surface area contributed by atoms with Crippen LogP contribution in [-0.4, -0.2) is 13.2 Å². The van der Waals surface area contributed by atoms with Gasteiger partial charge in [0.2, 0.25) is 0 Å². The number of ether oxygens (including phenoxy) is 2. The zero-order valence-electron chi connectivity index (χ0n) is 9.90. The molecule has 0 saturated heterocycles. The molecular weight excluding hydrogens is 202 g/mol. The molecule has 16 heavy (non-hydrogen) atoms. The van der Waals surface area contributed by atoms with Gasteiger partial charge >= 0.3 is 0 Å². The van der Waals surface area contributed by atoms with E-state index in [9.17, 15) is 0 Å². The minimum atomic E-state index is 0.0891. The van der Waals surface area contributed by atoms with E-state index in [2.05, 4.69) is 6.92 Å². The highest BCUT2D eigenvalue weighted by Crippen LogP contribution is 2.36. The maximum atomic E-state index is 6.14. The number of benzene rings is 1. The molecule has 0 spiro atoms. The van der Waals surface area contributed by atoms with E-state index >= 15 is 0 Å². The van der Waals surface area contributed by atoms with Crippen LogP contribution in [0.15, 0.2) is 18.2 Å². The van der Waals surface area contributed by atoms with Crippen LogP contribution in [0.25, 0.3) is 0 Å². The molecule has 0 aliphatic carbocycles. The molecule has 0 saturated carbocycles. The van der Waals surface area contributed by atoms with Gasteiger partial charge in [-0.25, -0.2) is 0 Å². The molecule has 0 fully saturated rings. The van der Waals surface area contributed by atoms with Crippen molar-refractivity contribution in [1.29, 1.82) is 0 Å². The summed E-state index contributed by atoms with van der Waals surface area (Å²) < 4.78 is 11.1. The van der Waals surface area contributed by atoms with Crippen LogP contribution in [-0.2, 0) is 0 Å². The average Bonchev–Trinajstić information content (AvgIpc) is 2.28. The van der Waals surface area contributed by atoms with Crippen LogP contribution in [0.3, 0.4) is 0 Å². The molecule has 1 aliphatic rings. The van der Waals surface area contributed by atoms with Crippen LogP contribution in [0.2, 0.25) is 0 Å². The monoisotopic (exact) mass is 221 g/mol. The first kappa shape index (κ1) is 11.3.